The second-order valence-electron chi connectivity index (χ2n) is 7.55. The molecule has 0 radical (unpaired) electrons. The molecule has 172 valence electrons. The average molecular weight is 455 g/mol. The predicted octanol–water partition coefficient (Wildman–Crippen LogP) is 1.96. The number of hydrogen-bond acceptors (Lipinski definition) is 7. The number of aliphatic hydroxyl groups is 2. The van der Waals surface area contributed by atoms with Gasteiger partial charge in [0.2, 0.25) is 5.95 Å². The summed E-state index contributed by atoms with van der Waals surface area (Å²) in [6, 6.07) is 0.557. The van der Waals surface area contributed by atoms with Crippen LogP contribution in [-0.4, -0.2) is 57.0 Å². The zero-order valence-corrected chi connectivity index (χ0v) is 18.1. The molecular formula is C18H28F2NO8P. The van der Waals surface area contributed by atoms with E-state index >= 15 is 0 Å². The lowest BCUT2D eigenvalue weighted by atomic mass is 9.92. The van der Waals surface area contributed by atoms with Crippen molar-refractivity contribution in [1.82, 2.24) is 4.98 Å². The summed E-state index contributed by atoms with van der Waals surface area (Å²) in [5, 5.41) is 20.4. The van der Waals surface area contributed by atoms with Crippen LogP contribution in [0.25, 0.3) is 0 Å². The summed E-state index contributed by atoms with van der Waals surface area (Å²) in [4.78, 5) is 23.1. The summed E-state index contributed by atoms with van der Waals surface area (Å²) in [6.07, 6.45) is -4.90. The molecule has 1 aliphatic rings. The van der Waals surface area contributed by atoms with Crippen LogP contribution in [0.4, 0.5) is 8.78 Å². The number of pyridine rings is 1. The molecule has 0 aromatic carbocycles. The highest BCUT2D eigenvalue weighted by Crippen LogP contribution is 2.53. The molecular weight excluding hydrogens is 427 g/mol. The zero-order valence-electron chi connectivity index (χ0n) is 17.2. The van der Waals surface area contributed by atoms with Gasteiger partial charge >= 0.3 is 7.60 Å². The fourth-order valence-corrected chi connectivity index (χ4v) is 4.87. The lowest BCUT2D eigenvalue weighted by Gasteiger charge is -2.34. The van der Waals surface area contributed by atoms with Crippen molar-refractivity contribution in [2.24, 2.45) is 0 Å². The van der Waals surface area contributed by atoms with Crippen molar-refractivity contribution in [3.63, 3.8) is 0 Å². The Morgan fingerprint density at radius 1 is 1.40 bits per heavy atom. The number of rotatable bonds is 9. The van der Waals surface area contributed by atoms with Crippen LogP contribution in [0.5, 0.6) is 0 Å². The van der Waals surface area contributed by atoms with Gasteiger partial charge in [-0.05, 0) is 19.8 Å². The molecule has 0 bridgehead atoms. The Morgan fingerprint density at radius 2 is 2.03 bits per heavy atom. The molecule has 1 aromatic heterocycles. The number of H-pyrrole nitrogens is 1. The molecule has 1 aromatic rings. The summed E-state index contributed by atoms with van der Waals surface area (Å²) < 4.78 is 57.0. The number of aromatic amines is 1. The molecule has 1 saturated heterocycles. The lowest BCUT2D eigenvalue weighted by molar-refractivity contribution is -0.0506. The van der Waals surface area contributed by atoms with Gasteiger partial charge in [0.05, 0.1) is 17.3 Å². The van der Waals surface area contributed by atoms with E-state index in [1.54, 1.807) is 6.92 Å². The number of methoxy groups -OCH3 is 1. The van der Waals surface area contributed by atoms with Gasteiger partial charge in [0.25, 0.3) is 5.56 Å². The molecule has 4 N–H and O–H groups in total. The Balaban J connectivity index is 2.31. The number of nitrogens with one attached hydrogen (secondary N) is 1. The minimum Gasteiger partial charge on any atom is -0.388 e. The number of aliphatic hydroxyl groups excluding tert-OH is 2. The van der Waals surface area contributed by atoms with Crippen LogP contribution in [0, 0.1) is 11.8 Å². The van der Waals surface area contributed by atoms with E-state index < -0.39 is 66.3 Å². The summed E-state index contributed by atoms with van der Waals surface area (Å²) in [7, 11) is -3.16. The Morgan fingerprint density at radius 3 is 2.53 bits per heavy atom. The first kappa shape index (κ1) is 25.1. The van der Waals surface area contributed by atoms with Crippen molar-refractivity contribution in [2.75, 3.05) is 7.11 Å². The molecule has 30 heavy (non-hydrogen) atoms. The molecule has 2 heterocycles. The average Bonchev–Trinajstić information content (AvgIpc) is 2.94. The quantitative estimate of drug-likeness (QED) is 0.328. The Hall–Kier alpha value is -1.20. The SMILES string of the molecule is CCC(O)P(=O)(O)OC(C)(CC)C[C@H]1O[C@@H](c2c(F)cc(=O)[nH]c2F)[C@@H](OC)C1O. The maximum Gasteiger partial charge on any atom is 0.356 e. The molecule has 4 unspecified atom stereocenters. The Bertz CT molecular complexity index is 826. The molecule has 0 spiro atoms. The first-order valence-electron chi connectivity index (χ1n) is 9.55. The van der Waals surface area contributed by atoms with Crippen LogP contribution in [0.3, 0.4) is 0 Å². The van der Waals surface area contributed by atoms with Crippen LogP contribution in [-0.2, 0) is 18.6 Å². The largest absolute Gasteiger partial charge is 0.388 e. The second kappa shape index (κ2) is 9.52. The van der Waals surface area contributed by atoms with Crippen LogP contribution in [0.2, 0.25) is 0 Å². The third-order valence-corrected chi connectivity index (χ3v) is 7.17. The van der Waals surface area contributed by atoms with Crippen molar-refractivity contribution in [2.45, 2.75) is 75.9 Å². The van der Waals surface area contributed by atoms with Gasteiger partial charge in [-0.1, -0.05) is 13.8 Å². The smallest absolute Gasteiger partial charge is 0.356 e. The summed E-state index contributed by atoms with van der Waals surface area (Å²) in [5.74, 6) is -3.99. The highest BCUT2D eigenvalue weighted by Gasteiger charge is 2.50. The van der Waals surface area contributed by atoms with E-state index in [-0.39, 0.29) is 19.3 Å². The third-order valence-electron chi connectivity index (χ3n) is 5.35. The van der Waals surface area contributed by atoms with Crippen molar-refractivity contribution < 1.29 is 42.4 Å². The highest BCUT2D eigenvalue weighted by atomic mass is 31.2. The molecule has 9 nitrogen and oxygen atoms in total. The topological polar surface area (TPSA) is 138 Å². The molecule has 1 aliphatic heterocycles. The summed E-state index contributed by atoms with van der Waals surface area (Å²) in [5.41, 5.74) is -2.88. The number of halogens is 2. The molecule has 12 heteroatoms. The van der Waals surface area contributed by atoms with Gasteiger partial charge < -0.3 is 29.1 Å². The number of ether oxygens (including phenoxy) is 2. The first-order chi connectivity index (χ1) is 13.9. The van der Waals surface area contributed by atoms with Gasteiger partial charge in [-0.3, -0.25) is 14.3 Å². The lowest BCUT2D eigenvalue weighted by Crippen LogP contribution is -2.39. The van der Waals surface area contributed by atoms with Gasteiger partial charge in [-0.15, -0.1) is 0 Å². The van der Waals surface area contributed by atoms with E-state index in [4.69, 9.17) is 14.0 Å². The van der Waals surface area contributed by atoms with Gasteiger partial charge in [0.1, 0.15) is 24.1 Å². The van der Waals surface area contributed by atoms with Crippen LogP contribution in [0.15, 0.2) is 10.9 Å². The zero-order chi connectivity index (χ0) is 22.9. The number of hydrogen-bond donors (Lipinski definition) is 4. The molecule has 0 amide bonds. The molecule has 1 fully saturated rings. The van der Waals surface area contributed by atoms with E-state index in [0.29, 0.717) is 6.07 Å². The summed E-state index contributed by atoms with van der Waals surface area (Å²) >= 11 is 0. The van der Waals surface area contributed by atoms with Gasteiger partial charge in [0.15, 0.2) is 5.85 Å². The highest BCUT2D eigenvalue weighted by molar-refractivity contribution is 7.53. The summed E-state index contributed by atoms with van der Waals surface area (Å²) in [6.45, 7) is 4.70. The van der Waals surface area contributed by atoms with Crippen molar-refractivity contribution >= 4 is 7.60 Å². The van der Waals surface area contributed by atoms with E-state index in [9.17, 15) is 33.2 Å². The molecule has 7 atom stereocenters. The van der Waals surface area contributed by atoms with E-state index in [1.165, 1.54) is 21.0 Å². The first-order valence-corrected chi connectivity index (χ1v) is 11.2. The third kappa shape index (κ3) is 5.16. The van der Waals surface area contributed by atoms with E-state index in [0.717, 1.165) is 0 Å². The molecule has 2 rings (SSSR count). The fraction of sp³-hybridized carbons (Fsp3) is 0.722. The van der Waals surface area contributed by atoms with E-state index in [2.05, 4.69) is 0 Å². The number of aromatic nitrogens is 1. The fourth-order valence-electron chi connectivity index (χ4n) is 3.45. The monoisotopic (exact) mass is 455 g/mol. The molecule has 0 aliphatic carbocycles. The second-order valence-corrected chi connectivity index (χ2v) is 9.45. The Kier molecular flexibility index (Phi) is 7.95. The minimum absolute atomic E-state index is 0.00525. The van der Waals surface area contributed by atoms with Crippen LogP contribution in [0.1, 0.15) is 51.7 Å². The standard InChI is InChI=1S/C18H28F2NO8P/c1-5-12(23)30(25,26)29-18(3,6-2)8-10-14(24)16(27-4)15(28-10)13-9(19)7-11(22)21-17(13)20/h7,10,12,14-16,23-24H,5-6,8H2,1-4H3,(H,21,22)(H,25,26)/t10-,12?,14?,15+,16+,18?/m1/s1. The Labute approximate surface area is 172 Å². The van der Waals surface area contributed by atoms with Crippen molar-refractivity contribution in [3.05, 3.63) is 33.7 Å². The van der Waals surface area contributed by atoms with Crippen LogP contribution >= 0.6 is 7.60 Å². The van der Waals surface area contributed by atoms with Gasteiger partial charge in [-0.2, -0.15) is 4.39 Å². The maximum absolute atomic E-state index is 14.3. The normalized spacial score (nSPS) is 29.4. The minimum atomic E-state index is -4.39. The van der Waals surface area contributed by atoms with E-state index in [1.807, 2.05) is 4.98 Å². The maximum atomic E-state index is 14.3. The van der Waals surface area contributed by atoms with Crippen molar-refractivity contribution in [1.29, 1.82) is 0 Å². The van der Waals surface area contributed by atoms with Gasteiger partial charge in [0, 0.05) is 19.6 Å². The van der Waals surface area contributed by atoms with Crippen LogP contribution < -0.4 is 5.56 Å². The predicted molar refractivity (Wildman–Crippen MR) is 102 cm³/mol. The molecule has 0 saturated carbocycles. The van der Waals surface area contributed by atoms with Gasteiger partial charge in [-0.25, -0.2) is 4.39 Å². The van der Waals surface area contributed by atoms with Crippen molar-refractivity contribution in [3.8, 4) is 0 Å².